The SMILES string of the molecule is CCn1cc(CN2CC(C(=O)N3CCC(C(N)=O)CC3)C3(CCOCC3)C2)cn1. The number of aryl methyl sites for hydroxylation is 1. The summed E-state index contributed by atoms with van der Waals surface area (Å²) in [6.07, 6.45) is 7.27. The monoisotopic (exact) mass is 403 g/mol. The lowest BCUT2D eigenvalue weighted by Crippen LogP contribution is -2.49. The van der Waals surface area contributed by atoms with Crippen LogP contribution >= 0.6 is 0 Å². The molecule has 1 aromatic rings. The summed E-state index contributed by atoms with van der Waals surface area (Å²) in [5, 5.41) is 4.39. The van der Waals surface area contributed by atoms with Crippen LogP contribution in [0.3, 0.4) is 0 Å². The Bertz CT molecular complexity index is 734. The van der Waals surface area contributed by atoms with Crippen molar-refractivity contribution in [2.75, 3.05) is 39.4 Å². The van der Waals surface area contributed by atoms with Crippen LogP contribution in [0.1, 0.15) is 38.2 Å². The summed E-state index contributed by atoms with van der Waals surface area (Å²) in [6, 6.07) is 0. The Morgan fingerprint density at radius 3 is 2.62 bits per heavy atom. The lowest BCUT2D eigenvalue weighted by atomic mass is 9.71. The molecule has 8 heteroatoms. The number of amides is 2. The van der Waals surface area contributed by atoms with Gasteiger partial charge in [0.05, 0.1) is 12.1 Å². The molecule has 3 saturated heterocycles. The minimum atomic E-state index is -0.238. The number of rotatable bonds is 5. The van der Waals surface area contributed by atoms with Gasteiger partial charge in [0.2, 0.25) is 11.8 Å². The maximum atomic E-state index is 13.5. The molecule has 3 fully saturated rings. The van der Waals surface area contributed by atoms with Crippen LogP contribution in [0.5, 0.6) is 0 Å². The van der Waals surface area contributed by atoms with E-state index in [0.717, 1.165) is 52.2 Å². The number of likely N-dealkylation sites (tertiary alicyclic amines) is 2. The maximum absolute atomic E-state index is 13.5. The largest absolute Gasteiger partial charge is 0.381 e. The van der Waals surface area contributed by atoms with Crippen molar-refractivity contribution in [3.05, 3.63) is 18.0 Å². The number of carbonyl (C=O) groups is 2. The number of ether oxygens (including phenoxy) is 1. The molecule has 29 heavy (non-hydrogen) atoms. The van der Waals surface area contributed by atoms with Crippen molar-refractivity contribution in [3.8, 4) is 0 Å². The maximum Gasteiger partial charge on any atom is 0.227 e. The molecule has 0 saturated carbocycles. The van der Waals surface area contributed by atoms with E-state index in [2.05, 4.69) is 23.1 Å². The third-order valence-corrected chi connectivity index (χ3v) is 7.13. The highest BCUT2D eigenvalue weighted by Gasteiger charge is 2.51. The molecule has 3 aliphatic heterocycles. The van der Waals surface area contributed by atoms with E-state index in [0.29, 0.717) is 25.9 Å². The van der Waals surface area contributed by atoms with E-state index in [4.69, 9.17) is 10.5 Å². The molecule has 0 aromatic carbocycles. The number of carbonyl (C=O) groups excluding carboxylic acids is 2. The number of nitrogens with two attached hydrogens (primary N) is 1. The van der Waals surface area contributed by atoms with Crippen LogP contribution in [0.15, 0.2) is 12.4 Å². The molecule has 3 aliphatic rings. The second-order valence-electron chi connectivity index (χ2n) is 8.90. The first-order chi connectivity index (χ1) is 14.0. The average Bonchev–Trinajstić information content (AvgIpc) is 3.33. The van der Waals surface area contributed by atoms with Gasteiger partial charge < -0.3 is 15.4 Å². The fraction of sp³-hybridized carbons (Fsp3) is 0.762. The van der Waals surface area contributed by atoms with Gasteiger partial charge in [-0.15, -0.1) is 0 Å². The summed E-state index contributed by atoms with van der Waals surface area (Å²) in [4.78, 5) is 29.4. The lowest BCUT2D eigenvalue weighted by Gasteiger charge is -2.40. The summed E-state index contributed by atoms with van der Waals surface area (Å²) in [5.41, 5.74) is 6.65. The van der Waals surface area contributed by atoms with Crippen molar-refractivity contribution in [2.45, 2.75) is 45.7 Å². The minimum absolute atomic E-state index is 0.00209. The zero-order valence-electron chi connectivity index (χ0n) is 17.4. The topological polar surface area (TPSA) is 93.7 Å². The van der Waals surface area contributed by atoms with Gasteiger partial charge in [0.15, 0.2) is 0 Å². The van der Waals surface area contributed by atoms with E-state index in [-0.39, 0.29) is 29.1 Å². The number of nitrogens with zero attached hydrogens (tertiary/aromatic N) is 4. The predicted molar refractivity (Wildman–Crippen MR) is 108 cm³/mol. The number of hydrogen-bond acceptors (Lipinski definition) is 5. The van der Waals surface area contributed by atoms with E-state index in [1.807, 2.05) is 15.8 Å². The minimum Gasteiger partial charge on any atom is -0.381 e. The quantitative estimate of drug-likeness (QED) is 0.787. The van der Waals surface area contributed by atoms with Crippen LogP contribution in [0.4, 0.5) is 0 Å². The van der Waals surface area contributed by atoms with E-state index in [1.54, 1.807) is 0 Å². The third-order valence-electron chi connectivity index (χ3n) is 7.13. The molecule has 0 aliphatic carbocycles. The normalized spacial score (nSPS) is 25.6. The fourth-order valence-electron chi connectivity index (χ4n) is 5.34. The molecule has 160 valence electrons. The molecule has 8 nitrogen and oxygen atoms in total. The number of primary amides is 1. The average molecular weight is 404 g/mol. The highest BCUT2D eigenvalue weighted by molar-refractivity contribution is 5.81. The third kappa shape index (κ3) is 4.19. The Morgan fingerprint density at radius 1 is 1.28 bits per heavy atom. The van der Waals surface area contributed by atoms with Gasteiger partial charge in [-0.1, -0.05) is 0 Å². The van der Waals surface area contributed by atoms with E-state index < -0.39 is 0 Å². The van der Waals surface area contributed by atoms with Crippen LogP contribution in [0.2, 0.25) is 0 Å². The molecule has 1 aromatic heterocycles. The molecule has 2 amide bonds. The van der Waals surface area contributed by atoms with Crippen LogP contribution < -0.4 is 5.73 Å². The number of aromatic nitrogens is 2. The van der Waals surface area contributed by atoms with E-state index >= 15 is 0 Å². The van der Waals surface area contributed by atoms with E-state index in [9.17, 15) is 9.59 Å². The van der Waals surface area contributed by atoms with Crippen molar-refractivity contribution >= 4 is 11.8 Å². The standard InChI is InChI=1S/C21H33N5O3/c1-2-26-13-16(11-23-26)12-24-14-18(21(15-24)5-9-29-10-6-21)20(28)25-7-3-17(4-8-25)19(22)27/h11,13,17-18H,2-10,12,14-15H2,1H3,(H2,22,27). The Kier molecular flexibility index (Phi) is 5.92. The van der Waals surface area contributed by atoms with Gasteiger partial charge in [0.1, 0.15) is 0 Å². The number of hydrogen-bond donors (Lipinski definition) is 1. The molecule has 0 radical (unpaired) electrons. The van der Waals surface area contributed by atoms with Crippen LogP contribution in [-0.2, 0) is 27.4 Å². The molecule has 1 atom stereocenters. The molecular formula is C21H33N5O3. The fourth-order valence-corrected chi connectivity index (χ4v) is 5.34. The van der Waals surface area contributed by atoms with Gasteiger partial charge in [-0.3, -0.25) is 19.2 Å². The second-order valence-corrected chi connectivity index (χ2v) is 8.90. The highest BCUT2D eigenvalue weighted by atomic mass is 16.5. The summed E-state index contributed by atoms with van der Waals surface area (Å²) >= 11 is 0. The van der Waals surface area contributed by atoms with Gasteiger partial charge in [-0.05, 0) is 32.6 Å². The smallest absolute Gasteiger partial charge is 0.227 e. The van der Waals surface area contributed by atoms with Crippen LogP contribution in [-0.4, -0.2) is 70.8 Å². The Hall–Kier alpha value is -1.93. The van der Waals surface area contributed by atoms with Crippen molar-refractivity contribution in [1.82, 2.24) is 19.6 Å². The van der Waals surface area contributed by atoms with Gasteiger partial charge in [0.25, 0.3) is 0 Å². The van der Waals surface area contributed by atoms with Crippen molar-refractivity contribution in [3.63, 3.8) is 0 Å². The Balaban J connectivity index is 1.46. The van der Waals surface area contributed by atoms with Crippen LogP contribution in [0, 0.1) is 17.3 Å². The van der Waals surface area contributed by atoms with Crippen molar-refractivity contribution < 1.29 is 14.3 Å². The molecule has 2 N–H and O–H groups in total. The van der Waals surface area contributed by atoms with Gasteiger partial charge >= 0.3 is 0 Å². The zero-order chi connectivity index (χ0) is 20.4. The van der Waals surface area contributed by atoms with Crippen molar-refractivity contribution in [2.24, 2.45) is 23.0 Å². The zero-order valence-corrected chi connectivity index (χ0v) is 17.4. The molecule has 4 heterocycles. The first-order valence-electron chi connectivity index (χ1n) is 10.9. The van der Waals surface area contributed by atoms with E-state index in [1.165, 1.54) is 5.56 Å². The van der Waals surface area contributed by atoms with Gasteiger partial charge in [-0.25, -0.2) is 0 Å². The number of piperidine rings is 1. The van der Waals surface area contributed by atoms with Crippen molar-refractivity contribution in [1.29, 1.82) is 0 Å². The molecule has 1 spiro atoms. The first-order valence-corrected chi connectivity index (χ1v) is 10.9. The lowest BCUT2D eigenvalue weighted by molar-refractivity contribution is -0.143. The Labute approximate surface area is 172 Å². The summed E-state index contributed by atoms with van der Waals surface area (Å²) < 4.78 is 7.58. The second kappa shape index (κ2) is 8.44. The molecule has 4 rings (SSSR count). The van der Waals surface area contributed by atoms with Gasteiger partial charge in [-0.2, -0.15) is 5.10 Å². The highest BCUT2D eigenvalue weighted by Crippen LogP contribution is 2.45. The summed E-state index contributed by atoms with van der Waals surface area (Å²) in [5.74, 6) is -0.0803. The predicted octanol–water partition coefficient (Wildman–Crippen LogP) is 0.856. The van der Waals surface area contributed by atoms with Crippen LogP contribution in [0.25, 0.3) is 0 Å². The first kappa shape index (κ1) is 20.3. The Morgan fingerprint density at radius 2 is 2.00 bits per heavy atom. The summed E-state index contributed by atoms with van der Waals surface area (Å²) in [7, 11) is 0. The molecular weight excluding hydrogens is 370 g/mol. The molecule has 1 unspecified atom stereocenters. The summed E-state index contributed by atoms with van der Waals surface area (Å²) in [6.45, 7) is 8.23. The molecule has 0 bridgehead atoms. The van der Waals surface area contributed by atoms with Gasteiger partial charge in [0, 0.05) is 75.6 Å².